The van der Waals surface area contributed by atoms with Gasteiger partial charge in [0.2, 0.25) is 5.91 Å². The molecule has 0 saturated carbocycles. The molecule has 0 radical (unpaired) electrons. The molecule has 2 atom stereocenters. The summed E-state index contributed by atoms with van der Waals surface area (Å²) in [6, 6.07) is -0.625. The molecule has 0 aromatic rings. The number of carbonyl (C=O) groups excluding carboxylic acids is 2. The van der Waals surface area contributed by atoms with Gasteiger partial charge in [0.15, 0.2) is 0 Å². The van der Waals surface area contributed by atoms with Crippen molar-refractivity contribution in [2.24, 2.45) is 0 Å². The van der Waals surface area contributed by atoms with E-state index in [0.717, 1.165) is 38.5 Å². The highest BCUT2D eigenvalue weighted by Gasteiger charge is 2.18. The molecule has 0 fully saturated rings. The number of amides is 1. The molecule has 1 amide bonds. The lowest BCUT2D eigenvalue weighted by Crippen LogP contribution is -2.45. The first-order chi connectivity index (χ1) is 42.5. The van der Waals surface area contributed by atoms with Gasteiger partial charge in [-0.05, 0) is 32.1 Å². The lowest BCUT2D eigenvalue weighted by molar-refractivity contribution is -0.143. The third kappa shape index (κ3) is 71.7. The number of hydrogen-bond donors (Lipinski definition) is 3. The minimum atomic E-state index is -0.842. The maximum atomic E-state index is 12.5. The number of unbranched alkanes of at least 4 members (excludes halogenated alkanes) is 65. The lowest BCUT2D eigenvalue weighted by Gasteiger charge is -2.20. The van der Waals surface area contributed by atoms with Gasteiger partial charge in [-0.25, -0.2) is 0 Å². The van der Waals surface area contributed by atoms with Crippen molar-refractivity contribution in [3.05, 3.63) is 12.2 Å². The molecule has 0 aliphatic rings. The van der Waals surface area contributed by atoms with Crippen molar-refractivity contribution in [2.45, 2.75) is 475 Å². The Morgan fingerprint density at radius 3 is 0.791 bits per heavy atom. The Morgan fingerprint density at radius 1 is 0.314 bits per heavy atom. The number of ether oxygens (including phenoxy) is 1. The quantitative estimate of drug-likeness (QED) is 0.0320. The van der Waals surface area contributed by atoms with Crippen LogP contribution in [0.1, 0.15) is 463 Å². The molecular weight excluding hydrogens is 1050 g/mol. The molecular formula is C80H157NO5. The molecule has 0 spiro atoms. The van der Waals surface area contributed by atoms with E-state index < -0.39 is 12.1 Å². The van der Waals surface area contributed by atoms with E-state index in [2.05, 4.69) is 19.2 Å². The molecule has 3 N–H and O–H groups in total. The van der Waals surface area contributed by atoms with Gasteiger partial charge in [0.1, 0.15) is 0 Å². The highest BCUT2D eigenvalue weighted by Crippen LogP contribution is 2.20. The van der Waals surface area contributed by atoms with Crippen LogP contribution in [0.15, 0.2) is 12.2 Å². The van der Waals surface area contributed by atoms with Gasteiger partial charge in [-0.3, -0.25) is 9.59 Å². The first-order valence-corrected chi connectivity index (χ1v) is 40.0. The fourth-order valence-corrected chi connectivity index (χ4v) is 13.0. The van der Waals surface area contributed by atoms with Crippen molar-refractivity contribution in [3.8, 4) is 0 Å². The number of nitrogens with one attached hydrogen (secondary N) is 1. The van der Waals surface area contributed by atoms with Crippen molar-refractivity contribution >= 4 is 11.9 Å². The summed E-state index contributed by atoms with van der Waals surface area (Å²) in [6.07, 6.45) is 96.2. The van der Waals surface area contributed by atoms with E-state index in [1.807, 2.05) is 6.08 Å². The Bertz CT molecular complexity index is 1300. The first kappa shape index (κ1) is 84.6. The second kappa shape index (κ2) is 76.1. The summed E-state index contributed by atoms with van der Waals surface area (Å²) in [5.74, 6) is -0.0332. The van der Waals surface area contributed by atoms with Crippen LogP contribution in [0.3, 0.4) is 0 Å². The van der Waals surface area contributed by atoms with Gasteiger partial charge < -0.3 is 20.3 Å². The maximum absolute atomic E-state index is 12.5. The fourth-order valence-electron chi connectivity index (χ4n) is 13.0. The predicted octanol–water partition coefficient (Wildman–Crippen LogP) is 26.3. The smallest absolute Gasteiger partial charge is 0.305 e. The predicted molar refractivity (Wildman–Crippen MR) is 380 cm³/mol. The largest absolute Gasteiger partial charge is 0.466 e. The van der Waals surface area contributed by atoms with Crippen LogP contribution < -0.4 is 5.32 Å². The Morgan fingerprint density at radius 2 is 0.535 bits per heavy atom. The molecule has 0 aliphatic heterocycles. The van der Waals surface area contributed by atoms with Crippen LogP contribution in [0.25, 0.3) is 0 Å². The number of rotatable bonds is 76. The first-order valence-electron chi connectivity index (χ1n) is 40.0. The van der Waals surface area contributed by atoms with Gasteiger partial charge in [0.25, 0.3) is 0 Å². The Hall–Kier alpha value is -1.40. The summed E-state index contributed by atoms with van der Waals surface area (Å²) in [6.45, 7) is 4.97. The fraction of sp³-hybridized carbons (Fsp3) is 0.950. The number of hydrogen-bond acceptors (Lipinski definition) is 5. The summed E-state index contributed by atoms with van der Waals surface area (Å²) in [4.78, 5) is 24.7. The average Bonchev–Trinajstić information content (AvgIpc) is 3.54. The van der Waals surface area contributed by atoms with Crippen LogP contribution in [0.2, 0.25) is 0 Å². The molecule has 512 valence electrons. The van der Waals surface area contributed by atoms with Crippen LogP contribution in [0, 0.1) is 0 Å². The molecule has 86 heavy (non-hydrogen) atoms. The molecule has 2 unspecified atom stereocenters. The van der Waals surface area contributed by atoms with E-state index in [1.165, 1.54) is 398 Å². The highest BCUT2D eigenvalue weighted by atomic mass is 16.5. The minimum Gasteiger partial charge on any atom is -0.466 e. The zero-order chi connectivity index (χ0) is 62.0. The van der Waals surface area contributed by atoms with E-state index in [-0.39, 0.29) is 18.5 Å². The summed E-state index contributed by atoms with van der Waals surface area (Å²) in [5, 5.41) is 23.3. The van der Waals surface area contributed by atoms with Crippen LogP contribution in [0.5, 0.6) is 0 Å². The van der Waals surface area contributed by atoms with Gasteiger partial charge in [-0.1, -0.05) is 431 Å². The number of aliphatic hydroxyl groups is 2. The Labute approximate surface area is 539 Å². The molecule has 0 aliphatic carbocycles. The zero-order valence-electron chi connectivity index (χ0n) is 58.8. The van der Waals surface area contributed by atoms with Gasteiger partial charge in [0, 0.05) is 12.8 Å². The van der Waals surface area contributed by atoms with Gasteiger partial charge in [-0.2, -0.15) is 0 Å². The Kier molecular flexibility index (Phi) is 74.8. The monoisotopic (exact) mass is 1210 g/mol. The van der Waals surface area contributed by atoms with E-state index in [0.29, 0.717) is 19.4 Å². The normalized spacial score (nSPS) is 12.5. The molecule has 0 saturated heterocycles. The topological polar surface area (TPSA) is 95.9 Å². The molecule has 0 bridgehead atoms. The molecule has 0 rings (SSSR count). The molecule has 0 aromatic heterocycles. The van der Waals surface area contributed by atoms with E-state index in [9.17, 15) is 19.8 Å². The number of esters is 1. The highest BCUT2D eigenvalue weighted by molar-refractivity contribution is 5.76. The van der Waals surface area contributed by atoms with E-state index in [1.54, 1.807) is 6.08 Å². The Balaban J connectivity index is 3.34. The SMILES string of the molecule is CCCCCCCCCCCCCCCCCCCCC/C=C/C(O)C(CO)NC(=O)CCCCCCCCCCCCCCCCCCCCCCCCCCCCCCCCOC(=O)CCCCCCCCCCCCCCCCCCCC. The zero-order valence-corrected chi connectivity index (χ0v) is 58.8. The van der Waals surface area contributed by atoms with Crippen LogP contribution in [0.4, 0.5) is 0 Å². The van der Waals surface area contributed by atoms with Gasteiger partial charge >= 0.3 is 5.97 Å². The average molecular weight is 1210 g/mol. The van der Waals surface area contributed by atoms with Gasteiger partial charge in [-0.15, -0.1) is 0 Å². The minimum absolute atomic E-state index is 0.0256. The standard InChI is InChI=1S/C80H157NO5/c1-3-5-7-9-11-13-15-17-19-21-23-34-37-40-44-48-52-56-60-64-68-72-78(83)77(76-82)81-79(84)73-69-65-61-57-53-49-45-41-38-35-32-30-28-26-24-25-27-29-31-33-36-39-43-47-51-55-59-63-67-71-75-86-80(85)74-70-66-62-58-54-50-46-42-22-20-18-16-14-12-10-8-6-4-2/h68,72,77-78,82-83H,3-67,69-71,73-76H2,1-2H3,(H,81,84)/b72-68+. The third-order valence-electron chi connectivity index (χ3n) is 19.1. The van der Waals surface area contributed by atoms with Crippen molar-refractivity contribution in [2.75, 3.05) is 13.2 Å². The summed E-state index contributed by atoms with van der Waals surface area (Å²) in [7, 11) is 0. The van der Waals surface area contributed by atoms with Crippen LogP contribution in [-0.4, -0.2) is 47.4 Å². The van der Waals surface area contributed by atoms with Crippen LogP contribution in [-0.2, 0) is 14.3 Å². The number of aliphatic hydroxyl groups excluding tert-OH is 2. The molecule has 0 aromatic carbocycles. The van der Waals surface area contributed by atoms with Crippen LogP contribution >= 0.6 is 0 Å². The molecule has 0 heterocycles. The molecule has 6 heteroatoms. The molecule has 6 nitrogen and oxygen atoms in total. The third-order valence-corrected chi connectivity index (χ3v) is 19.1. The summed E-state index contributed by atoms with van der Waals surface area (Å²) < 4.78 is 5.52. The number of carbonyl (C=O) groups is 2. The van der Waals surface area contributed by atoms with Crippen molar-refractivity contribution in [1.29, 1.82) is 0 Å². The maximum Gasteiger partial charge on any atom is 0.305 e. The summed E-state index contributed by atoms with van der Waals surface area (Å²) in [5.41, 5.74) is 0. The lowest BCUT2D eigenvalue weighted by atomic mass is 10.0. The van der Waals surface area contributed by atoms with Gasteiger partial charge in [0.05, 0.1) is 25.4 Å². The van der Waals surface area contributed by atoms with E-state index >= 15 is 0 Å². The van der Waals surface area contributed by atoms with Crippen molar-refractivity contribution in [3.63, 3.8) is 0 Å². The number of allylic oxidation sites excluding steroid dienone is 1. The van der Waals surface area contributed by atoms with E-state index in [4.69, 9.17) is 4.74 Å². The van der Waals surface area contributed by atoms with Crippen molar-refractivity contribution in [1.82, 2.24) is 5.32 Å². The van der Waals surface area contributed by atoms with Crippen molar-refractivity contribution < 1.29 is 24.5 Å². The summed E-state index contributed by atoms with van der Waals surface area (Å²) >= 11 is 0. The second-order valence-electron chi connectivity index (χ2n) is 27.8. The second-order valence-corrected chi connectivity index (χ2v) is 27.8.